The molecule has 0 saturated carbocycles. The van der Waals surface area contributed by atoms with Crippen LogP contribution in [0.15, 0.2) is 78.9 Å². The lowest BCUT2D eigenvalue weighted by atomic mass is 9.81. The first kappa shape index (κ1) is 20.1. The van der Waals surface area contributed by atoms with Crippen molar-refractivity contribution in [3.63, 3.8) is 0 Å². The van der Waals surface area contributed by atoms with Gasteiger partial charge in [0, 0.05) is 18.0 Å². The van der Waals surface area contributed by atoms with Crippen LogP contribution in [0.5, 0.6) is 0 Å². The van der Waals surface area contributed by atoms with Gasteiger partial charge in [-0.1, -0.05) is 83.9 Å². The van der Waals surface area contributed by atoms with E-state index in [-0.39, 0.29) is 11.8 Å². The molecule has 0 radical (unpaired) electrons. The molecule has 4 heteroatoms. The molecular weight excluding hydrogens is 425 g/mol. The molecule has 1 aliphatic heterocycles. The second-order valence-electron chi connectivity index (χ2n) is 8.06. The van der Waals surface area contributed by atoms with Gasteiger partial charge in [-0.2, -0.15) is 0 Å². The van der Waals surface area contributed by atoms with Crippen LogP contribution in [-0.4, -0.2) is 5.91 Å². The van der Waals surface area contributed by atoms with Crippen LogP contribution in [0.2, 0.25) is 10.0 Å². The molecule has 4 aromatic rings. The largest absolute Gasteiger partial charge is 0.308 e. The summed E-state index contributed by atoms with van der Waals surface area (Å²) in [7, 11) is 0. The monoisotopic (exact) mass is 445 g/mol. The zero-order chi connectivity index (χ0) is 21.5. The summed E-state index contributed by atoms with van der Waals surface area (Å²) >= 11 is 12.5. The van der Waals surface area contributed by atoms with E-state index >= 15 is 0 Å². The molecule has 0 bridgehead atoms. The molecule has 0 fully saturated rings. The molecule has 1 aliphatic rings. The Kier molecular flexibility index (Phi) is 5.21. The predicted molar refractivity (Wildman–Crippen MR) is 129 cm³/mol. The van der Waals surface area contributed by atoms with Crippen molar-refractivity contribution in [2.45, 2.75) is 25.8 Å². The summed E-state index contributed by atoms with van der Waals surface area (Å²) in [6.45, 7) is 2.65. The second-order valence-corrected chi connectivity index (χ2v) is 8.87. The van der Waals surface area contributed by atoms with Crippen molar-refractivity contribution in [2.75, 3.05) is 4.90 Å². The summed E-state index contributed by atoms with van der Waals surface area (Å²) < 4.78 is 0. The molecule has 5 rings (SSSR count). The molecule has 0 aromatic heterocycles. The smallest absolute Gasteiger partial charge is 0.228 e. The highest BCUT2D eigenvalue weighted by Crippen LogP contribution is 2.45. The van der Waals surface area contributed by atoms with E-state index in [1.807, 2.05) is 41.3 Å². The summed E-state index contributed by atoms with van der Waals surface area (Å²) in [4.78, 5) is 15.3. The molecular formula is C27H21Cl2NO. The van der Waals surface area contributed by atoms with Crippen molar-refractivity contribution in [3.8, 4) is 0 Å². The highest BCUT2D eigenvalue weighted by molar-refractivity contribution is 6.42. The van der Waals surface area contributed by atoms with E-state index in [1.54, 1.807) is 0 Å². The van der Waals surface area contributed by atoms with Crippen LogP contribution in [0.4, 0.5) is 5.69 Å². The molecule has 154 valence electrons. The number of nitrogens with zero attached hydrogens (tertiary/aromatic N) is 1. The van der Waals surface area contributed by atoms with E-state index in [1.165, 1.54) is 16.5 Å². The van der Waals surface area contributed by atoms with Crippen molar-refractivity contribution < 1.29 is 4.79 Å². The van der Waals surface area contributed by atoms with Gasteiger partial charge in [-0.15, -0.1) is 0 Å². The second kappa shape index (κ2) is 8.03. The van der Waals surface area contributed by atoms with Crippen LogP contribution in [0, 0.1) is 6.92 Å². The topological polar surface area (TPSA) is 20.3 Å². The number of hydrogen-bond acceptors (Lipinski definition) is 1. The Labute approximate surface area is 192 Å². The summed E-state index contributed by atoms with van der Waals surface area (Å²) in [5.41, 5.74) is 5.49. The molecule has 1 heterocycles. The lowest BCUT2D eigenvalue weighted by molar-refractivity contribution is -0.119. The van der Waals surface area contributed by atoms with Gasteiger partial charge in [0.25, 0.3) is 0 Å². The molecule has 1 atom stereocenters. The van der Waals surface area contributed by atoms with Crippen LogP contribution in [0.3, 0.4) is 0 Å². The maximum absolute atomic E-state index is 13.4. The lowest BCUT2D eigenvalue weighted by Crippen LogP contribution is -2.36. The van der Waals surface area contributed by atoms with E-state index in [4.69, 9.17) is 23.2 Å². The van der Waals surface area contributed by atoms with Crippen molar-refractivity contribution in [1.29, 1.82) is 0 Å². The first-order valence-corrected chi connectivity index (χ1v) is 11.1. The number of anilines is 1. The Bertz CT molecular complexity index is 1310. The van der Waals surface area contributed by atoms with Crippen molar-refractivity contribution in [3.05, 3.63) is 111 Å². The first-order valence-electron chi connectivity index (χ1n) is 10.3. The van der Waals surface area contributed by atoms with Gasteiger partial charge in [0.1, 0.15) is 0 Å². The van der Waals surface area contributed by atoms with Gasteiger partial charge in [-0.3, -0.25) is 4.79 Å². The standard InChI is InChI=1S/C27H21Cl2NO/c1-17-6-2-3-8-20(17)16-30-25-13-11-18-7-4-5-9-21(18)27(25)22(15-26(30)31)19-10-12-23(28)24(29)14-19/h2-14,22H,15-16H2,1H3. The number of fused-ring (bicyclic) bond motifs is 3. The molecule has 0 N–H and O–H groups in total. The summed E-state index contributed by atoms with van der Waals surface area (Å²) in [6.07, 6.45) is 0.394. The van der Waals surface area contributed by atoms with E-state index < -0.39 is 0 Å². The van der Waals surface area contributed by atoms with Crippen molar-refractivity contribution >= 4 is 45.6 Å². The van der Waals surface area contributed by atoms with Gasteiger partial charge < -0.3 is 4.90 Å². The Morgan fingerprint density at radius 3 is 2.48 bits per heavy atom. The highest BCUT2D eigenvalue weighted by atomic mass is 35.5. The molecule has 4 aromatic carbocycles. The van der Waals surface area contributed by atoms with Gasteiger partial charge in [-0.05, 0) is 58.1 Å². The van der Waals surface area contributed by atoms with E-state index in [9.17, 15) is 4.79 Å². The average Bonchev–Trinajstić information content (AvgIpc) is 2.78. The minimum Gasteiger partial charge on any atom is -0.308 e. The van der Waals surface area contributed by atoms with Crippen LogP contribution >= 0.6 is 23.2 Å². The predicted octanol–water partition coefficient (Wildman–Crippen LogP) is 7.52. The van der Waals surface area contributed by atoms with E-state index in [2.05, 4.69) is 49.4 Å². The number of rotatable bonds is 3. The zero-order valence-corrected chi connectivity index (χ0v) is 18.6. The third kappa shape index (κ3) is 3.60. The number of amides is 1. The molecule has 1 unspecified atom stereocenters. The number of hydrogen-bond donors (Lipinski definition) is 0. The number of halogens is 2. The van der Waals surface area contributed by atoms with Crippen LogP contribution < -0.4 is 4.90 Å². The van der Waals surface area contributed by atoms with Gasteiger partial charge >= 0.3 is 0 Å². The molecule has 1 amide bonds. The number of carbonyl (C=O) groups is 1. The third-order valence-electron chi connectivity index (χ3n) is 6.20. The minimum atomic E-state index is -0.0727. The summed E-state index contributed by atoms with van der Waals surface area (Å²) in [5, 5.41) is 3.36. The normalized spacial score (nSPS) is 15.9. The average molecular weight is 446 g/mol. The van der Waals surface area contributed by atoms with Crippen LogP contribution in [-0.2, 0) is 11.3 Å². The number of aryl methyl sites for hydroxylation is 1. The molecule has 2 nitrogen and oxygen atoms in total. The van der Waals surface area contributed by atoms with Crippen LogP contribution in [0.25, 0.3) is 10.8 Å². The quantitative estimate of drug-likeness (QED) is 0.319. The zero-order valence-electron chi connectivity index (χ0n) is 17.1. The fourth-order valence-corrected chi connectivity index (χ4v) is 4.86. The summed E-state index contributed by atoms with van der Waals surface area (Å²) in [6, 6.07) is 26.4. The highest BCUT2D eigenvalue weighted by Gasteiger charge is 2.34. The van der Waals surface area contributed by atoms with Gasteiger partial charge in [0.05, 0.1) is 16.6 Å². The number of benzene rings is 4. The molecule has 0 aliphatic carbocycles. The van der Waals surface area contributed by atoms with E-state index in [0.717, 1.165) is 22.2 Å². The fraction of sp³-hybridized carbons (Fsp3) is 0.148. The maximum Gasteiger partial charge on any atom is 0.228 e. The van der Waals surface area contributed by atoms with Crippen molar-refractivity contribution in [1.82, 2.24) is 0 Å². The number of carbonyl (C=O) groups excluding carboxylic acids is 1. The Morgan fingerprint density at radius 2 is 1.68 bits per heavy atom. The van der Waals surface area contributed by atoms with E-state index in [0.29, 0.717) is 23.0 Å². The third-order valence-corrected chi connectivity index (χ3v) is 6.94. The van der Waals surface area contributed by atoms with Crippen molar-refractivity contribution in [2.24, 2.45) is 0 Å². The Balaban J connectivity index is 1.70. The molecule has 31 heavy (non-hydrogen) atoms. The SMILES string of the molecule is Cc1ccccc1CN1C(=O)CC(c2ccc(Cl)c(Cl)c2)c2c1ccc1ccccc21. The Hall–Kier alpha value is -2.81. The summed E-state index contributed by atoms with van der Waals surface area (Å²) in [5.74, 6) is 0.0404. The minimum absolute atomic E-state index is 0.0727. The Morgan fingerprint density at radius 1 is 0.903 bits per heavy atom. The lowest BCUT2D eigenvalue weighted by Gasteiger charge is -2.36. The van der Waals surface area contributed by atoms with Gasteiger partial charge in [0.2, 0.25) is 5.91 Å². The van der Waals surface area contributed by atoms with Crippen LogP contribution in [0.1, 0.15) is 34.6 Å². The van der Waals surface area contributed by atoms with Gasteiger partial charge in [0.15, 0.2) is 0 Å². The van der Waals surface area contributed by atoms with Gasteiger partial charge in [-0.25, -0.2) is 0 Å². The fourth-order valence-electron chi connectivity index (χ4n) is 4.55. The first-order chi connectivity index (χ1) is 15.0. The molecule has 0 saturated heterocycles. The maximum atomic E-state index is 13.4. The molecule has 0 spiro atoms.